The first-order chi connectivity index (χ1) is 14.4. The van der Waals surface area contributed by atoms with E-state index in [1.165, 1.54) is 6.07 Å². The molecule has 1 aromatic heterocycles. The Kier molecular flexibility index (Phi) is 4.87. The zero-order valence-electron chi connectivity index (χ0n) is 16.2. The lowest BCUT2D eigenvalue weighted by Gasteiger charge is -2.11. The second-order valence-corrected chi connectivity index (χ2v) is 7.08. The fourth-order valence-electron chi connectivity index (χ4n) is 3.78. The Hall–Kier alpha value is -3.87. The molecule has 0 saturated heterocycles. The van der Waals surface area contributed by atoms with Crippen molar-refractivity contribution in [2.75, 3.05) is 6.61 Å². The van der Waals surface area contributed by atoms with Gasteiger partial charge in [0.1, 0.15) is 11.6 Å². The van der Waals surface area contributed by atoms with Gasteiger partial charge in [0.15, 0.2) is 6.61 Å². The molecule has 0 aliphatic carbocycles. The fourth-order valence-corrected chi connectivity index (χ4v) is 3.78. The number of carbonyl (C=O) groups is 2. The van der Waals surface area contributed by atoms with E-state index in [0.717, 1.165) is 5.56 Å². The van der Waals surface area contributed by atoms with E-state index in [1.807, 2.05) is 23.6 Å². The van der Waals surface area contributed by atoms with Crippen LogP contribution < -0.4 is 10.5 Å². The highest BCUT2D eigenvalue weighted by Crippen LogP contribution is 2.39. The van der Waals surface area contributed by atoms with E-state index < -0.39 is 18.5 Å². The summed E-state index contributed by atoms with van der Waals surface area (Å²) < 4.78 is 21.8. The molecule has 1 amide bonds. The molecule has 4 aromatic rings. The van der Waals surface area contributed by atoms with Crippen molar-refractivity contribution in [3.05, 3.63) is 77.1 Å². The van der Waals surface area contributed by atoms with Crippen LogP contribution in [0.15, 0.2) is 54.6 Å². The SMILES string of the molecule is Cc1cc(OCC(=O)O)c2c3c(C(N)=O)cccc3n(Cc3ccccc3F)c2c1. The Morgan fingerprint density at radius 3 is 2.53 bits per heavy atom. The molecule has 7 heteroatoms. The lowest BCUT2D eigenvalue weighted by molar-refractivity contribution is -0.139. The predicted octanol–water partition coefficient (Wildman–Crippen LogP) is 3.85. The van der Waals surface area contributed by atoms with Crippen molar-refractivity contribution in [1.29, 1.82) is 0 Å². The van der Waals surface area contributed by atoms with Crippen LogP contribution in [0.5, 0.6) is 5.75 Å². The van der Waals surface area contributed by atoms with Gasteiger partial charge in [0, 0.05) is 16.5 Å². The number of primary amides is 1. The van der Waals surface area contributed by atoms with E-state index in [4.69, 9.17) is 15.6 Å². The van der Waals surface area contributed by atoms with Gasteiger partial charge in [-0.1, -0.05) is 24.3 Å². The van der Waals surface area contributed by atoms with Crippen molar-refractivity contribution in [3.8, 4) is 5.75 Å². The Morgan fingerprint density at radius 1 is 1.07 bits per heavy atom. The Morgan fingerprint density at radius 2 is 1.83 bits per heavy atom. The third-order valence-corrected chi connectivity index (χ3v) is 5.00. The minimum Gasteiger partial charge on any atom is -0.481 e. The standard InChI is InChI=1S/C23H19FN2O4/c1-13-9-18-22(19(10-13)30-12-20(27)28)21-15(23(25)29)6-4-8-17(21)26(18)11-14-5-2-3-7-16(14)24/h2-10H,11-12H2,1H3,(H2,25,29)(H,27,28). The zero-order chi connectivity index (χ0) is 21.4. The number of nitrogens with zero attached hydrogens (tertiary/aromatic N) is 1. The summed E-state index contributed by atoms with van der Waals surface area (Å²) in [4.78, 5) is 23.2. The molecule has 0 spiro atoms. The number of hydrogen-bond acceptors (Lipinski definition) is 3. The second-order valence-electron chi connectivity index (χ2n) is 7.08. The maximum absolute atomic E-state index is 14.4. The van der Waals surface area contributed by atoms with E-state index in [-0.39, 0.29) is 17.9 Å². The monoisotopic (exact) mass is 406 g/mol. The molecule has 6 nitrogen and oxygen atoms in total. The van der Waals surface area contributed by atoms with Crippen molar-refractivity contribution in [3.63, 3.8) is 0 Å². The molecule has 30 heavy (non-hydrogen) atoms. The van der Waals surface area contributed by atoms with Gasteiger partial charge < -0.3 is 20.1 Å². The third-order valence-electron chi connectivity index (χ3n) is 5.00. The van der Waals surface area contributed by atoms with Gasteiger partial charge in [-0.2, -0.15) is 0 Å². The van der Waals surface area contributed by atoms with Crippen LogP contribution in [-0.4, -0.2) is 28.2 Å². The number of fused-ring (bicyclic) bond motifs is 3. The summed E-state index contributed by atoms with van der Waals surface area (Å²) >= 11 is 0. The maximum atomic E-state index is 14.4. The predicted molar refractivity (Wildman–Crippen MR) is 111 cm³/mol. The number of amides is 1. The summed E-state index contributed by atoms with van der Waals surface area (Å²) in [6, 6.07) is 15.2. The molecule has 4 rings (SSSR count). The molecule has 0 bridgehead atoms. The molecule has 1 heterocycles. The van der Waals surface area contributed by atoms with Gasteiger partial charge in [0.25, 0.3) is 0 Å². The summed E-state index contributed by atoms with van der Waals surface area (Å²) in [5.41, 5.74) is 8.59. The van der Waals surface area contributed by atoms with E-state index in [2.05, 4.69) is 0 Å². The quantitative estimate of drug-likeness (QED) is 0.508. The average molecular weight is 406 g/mol. The largest absolute Gasteiger partial charge is 0.481 e. The molecule has 152 valence electrons. The smallest absolute Gasteiger partial charge is 0.341 e. The van der Waals surface area contributed by atoms with Gasteiger partial charge in [-0.3, -0.25) is 4.79 Å². The van der Waals surface area contributed by atoms with E-state index >= 15 is 0 Å². The molecule has 0 aliphatic heterocycles. The number of rotatable bonds is 6. The molecule has 0 radical (unpaired) electrons. The molecule has 0 aliphatic rings. The molecule has 3 aromatic carbocycles. The molecule has 0 unspecified atom stereocenters. The van der Waals surface area contributed by atoms with Crippen molar-refractivity contribution in [2.24, 2.45) is 5.73 Å². The number of ether oxygens (including phenoxy) is 1. The first kappa shape index (κ1) is 19.4. The third kappa shape index (κ3) is 3.34. The van der Waals surface area contributed by atoms with Crippen molar-refractivity contribution < 1.29 is 23.8 Å². The van der Waals surface area contributed by atoms with Gasteiger partial charge in [0.05, 0.1) is 23.0 Å². The summed E-state index contributed by atoms with van der Waals surface area (Å²) in [5.74, 6) is -1.74. The van der Waals surface area contributed by atoms with Gasteiger partial charge in [-0.15, -0.1) is 0 Å². The van der Waals surface area contributed by atoms with Crippen LogP contribution in [0.3, 0.4) is 0 Å². The normalized spacial score (nSPS) is 11.1. The molecule has 0 atom stereocenters. The number of carboxylic acid groups (broad SMARTS) is 1. The topological polar surface area (TPSA) is 94.6 Å². The number of aliphatic carboxylic acids is 1. The lowest BCUT2D eigenvalue weighted by atomic mass is 10.0. The molecule has 0 saturated carbocycles. The molecular formula is C23H19FN2O4. The van der Waals surface area contributed by atoms with Crippen LogP contribution in [-0.2, 0) is 11.3 Å². The number of aromatic nitrogens is 1. The van der Waals surface area contributed by atoms with Gasteiger partial charge >= 0.3 is 5.97 Å². The summed E-state index contributed by atoms with van der Waals surface area (Å²) in [6.45, 7) is 1.54. The van der Waals surface area contributed by atoms with Crippen molar-refractivity contribution in [1.82, 2.24) is 4.57 Å². The Labute approximate surface area is 171 Å². The lowest BCUT2D eigenvalue weighted by Crippen LogP contribution is -2.11. The van der Waals surface area contributed by atoms with Crippen molar-refractivity contribution >= 4 is 33.7 Å². The number of carboxylic acids is 1. The maximum Gasteiger partial charge on any atom is 0.341 e. The summed E-state index contributed by atoms with van der Waals surface area (Å²) in [7, 11) is 0. The van der Waals surface area contributed by atoms with Gasteiger partial charge in [-0.25, -0.2) is 9.18 Å². The molecule has 3 N–H and O–H groups in total. The van der Waals surface area contributed by atoms with E-state index in [9.17, 15) is 14.0 Å². The van der Waals surface area contributed by atoms with Gasteiger partial charge in [0.2, 0.25) is 5.91 Å². The first-order valence-corrected chi connectivity index (χ1v) is 9.30. The molecule has 0 fully saturated rings. The number of nitrogens with two attached hydrogens (primary N) is 1. The van der Waals surface area contributed by atoms with Crippen LogP contribution in [0.25, 0.3) is 21.8 Å². The van der Waals surface area contributed by atoms with Crippen LogP contribution in [0, 0.1) is 12.7 Å². The highest BCUT2D eigenvalue weighted by molar-refractivity contribution is 6.19. The van der Waals surface area contributed by atoms with Crippen LogP contribution >= 0.6 is 0 Å². The zero-order valence-corrected chi connectivity index (χ0v) is 16.2. The van der Waals surface area contributed by atoms with Crippen LogP contribution in [0.1, 0.15) is 21.5 Å². The van der Waals surface area contributed by atoms with Crippen molar-refractivity contribution in [2.45, 2.75) is 13.5 Å². The number of benzene rings is 3. The van der Waals surface area contributed by atoms with E-state index in [0.29, 0.717) is 33.1 Å². The number of halogens is 1. The van der Waals surface area contributed by atoms with Crippen LogP contribution in [0.2, 0.25) is 0 Å². The first-order valence-electron chi connectivity index (χ1n) is 9.30. The van der Waals surface area contributed by atoms with Gasteiger partial charge in [-0.05, 0) is 42.8 Å². The summed E-state index contributed by atoms with van der Waals surface area (Å²) in [5, 5.41) is 10.2. The summed E-state index contributed by atoms with van der Waals surface area (Å²) in [6.07, 6.45) is 0. The minimum atomic E-state index is -1.12. The Bertz CT molecular complexity index is 1310. The highest BCUT2D eigenvalue weighted by atomic mass is 19.1. The average Bonchev–Trinajstić information content (AvgIpc) is 3.01. The molecular weight excluding hydrogens is 387 g/mol. The number of carbonyl (C=O) groups excluding carboxylic acids is 1. The second kappa shape index (κ2) is 7.51. The highest BCUT2D eigenvalue weighted by Gasteiger charge is 2.21. The minimum absolute atomic E-state index is 0.219. The number of hydrogen-bond donors (Lipinski definition) is 2. The van der Waals surface area contributed by atoms with Crippen LogP contribution in [0.4, 0.5) is 4.39 Å². The number of aryl methyl sites for hydroxylation is 1. The van der Waals surface area contributed by atoms with E-state index in [1.54, 1.807) is 36.4 Å². The Balaban J connectivity index is 2.07. The fraction of sp³-hybridized carbons (Fsp3) is 0.130.